The number of hydrogen-bond donors (Lipinski definition) is 3. The number of rotatable bonds is 9. The minimum atomic E-state index is -3.07. The number of hydrogen-bond acceptors (Lipinski definition) is 8. The Hall–Kier alpha value is -3.17. The molecule has 0 aliphatic rings. The van der Waals surface area contributed by atoms with Gasteiger partial charge in [0.05, 0.1) is 19.0 Å². The fourth-order valence-electron chi connectivity index (χ4n) is 2.80. The van der Waals surface area contributed by atoms with Crippen molar-refractivity contribution in [3.63, 3.8) is 0 Å². The zero-order valence-electron chi connectivity index (χ0n) is 16.7. The van der Waals surface area contributed by atoms with Crippen LogP contribution >= 0.6 is 0 Å². The normalized spacial score (nSPS) is 12.2. The zero-order chi connectivity index (χ0) is 21.6. The van der Waals surface area contributed by atoms with Crippen LogP contribution in [0.25, 0.3) is 0 Å². The van der Waals surface area contributed by atoms with Gasteiger partial charge in [0.2, 0.25) is 5.95 Å². The first-order valence-electron chi connectivity index (χ1n) is 9.25. The number of aliphatic hydroxyl groups is 1. The number of methoxy groups -OCH3 is 1. The van der Waals surface area contributed by atoms with Gasteiger partial charge in [-0.05, 0) is 41.5 Å². The zero-order valence-corrected chi connectivity index (χ0v) is 17.6. The summed E-state index contributed by atoms with van der Waals surface area (Å²) in [4.78, 5) is 8.57. The van der Waals surface area contributed by atoms with E-state index in [4.69, 9.17) is 4.74 Å². The Bertz CT molecular complexity index is 1090. The number of sulfone groups is 1. The molecule has 0 saturated heterocycles. The molecule has 3 N–H and O–H groups in total. The van der Waals surface area contributed by atoms with Gasteiger partial charge in [0.25, 0.3) is 0 Å². The molecule has 1 heterocycles. The third-order valence-corrected chi connectivity index (χ3v) is 5.11. The molecule has 3 rings (SSSR count). The van der Waals surface area contributed by atoms with Crippen LogP contribution in [0.5, 0.6) is 5.75 Å². The summed E-state index contributed by atoms with van der Waals surface area (Å²) in [6.07, 6.45) is 2.08. The van der Waals surface area contributed by atoms with Gasteiger partial charge in [0, 0.05) is 24.7 Å². The third kappa shape index (κ3) is 6.43. The van der Waals surface area contributed by atoms with Crippen LogP contribution in [-0.4, -0.2) is 43.4 Å². The summed E-state index contributed by atoms with van der Waals surface area (Å²) in [5, 5.41) is 16.6. The summed E-state index contributed by atoms with van der Waals surface area (Å²) in [6, 6.07) is 16.0. The van der Waals surface area contributed by atoms with Gasteiger partial charge in [-0.15, -0.1) is 0 Å². The van der Waals surface area contributed by atoms with Crippen molar-refractivity contribution in [3.05, 3.63) is 71.9 Å². The molecule has 30 heavy (non-hydrogen) atoms. The molecule has 0 saturated carbocycles. The maximum absolute atomic E-state index is 11.4. The van der Waals surface area contributed by atoms with Crippen molar-refractivity contribution in [1.82, 2.24) is 9.97 Å². The smallest absolute Gasteiger partial charge is 0.229 e. The SMILES string of the molecule is COc1cccc(C(O)CNc2ccnc(Nc3ccc(CS(C)(=O)=O)cc3)n2)c1. The Balaban J connectivity index is 1.60. The van der Waals surface area contributed by atoms with Gasteiger partial charge < -0.3 is 20.5 Å². The lowest BCUT2D eigenvalue weighted by Crippen LogP contribution is -2.13. The summed E-state index contributed by atoms with van der Waals surface area (Å²) in [5.41, 5.74) is 2.19. The maximum atomic E-state index is 11.4. The fraction of sp³-hybridized carbons (Fsp3) is 0.238. The van der Waals surface area contributed by atoms with Gasteiger partial charge in [-0.25, -0.2) is 13.4 Å². The van der Waals surface area contributed by atoms with Gasteiger partial charge in [-0.2, -0.15) is 4.98 Å². The monoisotopic (exact) mass is 428 g/mol. The minimum Gasteiger partial charge on any atom is -0.497 e. The summed E-state index contributed by atoms with van der Waals surface area (Å²) in [7, 11) is -1.49. The van der Waals surface area contributed by atoms with Gasteiger partial charge in [0.15, 0.2) is 9.84 Å². The molecule has 0 aliphatic heterocycles. The topological polar surface area (TPSA) is 113 Å². The van der Waals surface area contributed by atoms with E-state index in [1.165, 1.54) is 6.26 Å². The van der Waals surface area contributed by atoms with E-state index in [9.17, 15) is 13.5 Å². The Morgan fingerprint density at radius 1 is 1.13 bits per heavy atom. The van der Waals surface area contributed by atoms with Crippen molar-refractivity contribution in [2.24, 2.45) is 0 Å². The van der Waals surface area contributed by atoms with Crippen molar-refractivity contribution in [2.75, 3.05) is 30.5 Å². The second-order valence-electron chi connectivity index (χ2n) is 6.83. The molecule has 3 aromatic rings. The molecular formula is C21H24N4O4S. The van der Waals surface area contributed by atoms with Crippen molar-refractivity contribution in [2.45, 2.75) is 11.9 Å². The molecule has 0 aliphatic carbocycles. The first-order valence-corrected chi connectivity index (χ1v) is 11.3. The second kappa shape index (κ2) is 9.55. The van der Waals surface area contributed by atoms with Crippen LogP contribution in [0.1, 0.15) is 17.2 Å². The third-order valence-electron chi connectivity index (χ3n) is 4.25. The Kier molecular flexibility index (Phi) is 6.86. The number of aromatic nitrogens is 2. The molecule has 0 fully saturated rings. The van der Waals surface area contributed by atoms with Gasteiger partial charge in [-0.3, -0.25) is 0 Å². The highest BCUT2D eigenvalue weighted by Gasteiger charge is 2.09. The Labute approximate surface area is 175 Å². The molecule has 0 amide bonds. The molecule has 2 aromatic carbocycles. The van der Waals surface area contributed by atoms with E-state index in [2.05, 4.69) is 20.6 Å². The first kappa shape index (κ1) is 21.5. The molecule has 0 bridgehead atoms. The average Bonchev–Trinajstić information content (AvgIpc) is 2.73. The maximum Gasteiger partial charge on any atom is 0.229 e. The quantitative estimate of drug-likeness (QED) is 0.477. The predicted octanol–water partition coefficient (Wildman–Crippen LogP) is 2.92. The number of benzene rings is 2. The van der Waals surface area contributed by atoms with Crippen LogP contribution in [0.4, 0.5) is 17.5 Å². The molecule has 158 valence electrons. The molecule has 8 nitrogen and oxygen atoms in total. The van der Waals surface area contributed by atoms with Crippen molar-refractivity contribution < 1.29 is 18.3 Å². The van der Waals surface area contributed by atoms with E-state index in [-0.39, 0.29) is 12.3 Å². The molecule has 9 heteroatoms. The lowest BCUT2D eigenvalue weighted by Gasteiger charge is -2.14. The fourth-order valence-corrected chi connectivity index (χ4v) is 3.60. The number of nitrogens with one attached hydrogen (secondary N) is 2. The van der Waals surface area contributed by atoms with Crippen LogP contribution in [-0.2, 0) is 15.6 Å². The summed E-state index contributed by atoms with van der Waals surface area (Å²) < 4.78 is 27.9. The summed E-state index contributed by atoms with van der Waals surface area (Å²) in [5.74, 6) is 1.62. The van der Waals surface area contributed by atoms with Crippen LogP contribution in [0.2, 0.25) is 0 Å². The van der Waals surface area contributed by atoms with Crippen LogP contribution in [0.15, 0.2) is 60.8 Å². The number of anilines is 3. The Morgan fingerprint density at radius 3 is 2.60 bits per heavy atom. The van der Waals surface area contributed by atoms with E-state index in [1.807, 2.05) is 18.2 Å². The highest BCUT2D eigenvalue weighted by Crippen LogP contribution is 2.20. The number of aliphatic hydroxyl groups excluding tert-OH is 1. The molecule has 1 unspecified atom stereocenters. The van der Waals surface area contributed by atoms with E-state index in [0.29, 0.717) is 23.1 Å². The van der Waals surface area contributed by atoms with E-state index < -0.39 is 15.9 Å². The molecular weight excluding hydrogens is 404 g/mol. The lowest BCUT2D eigenvalue weighted by molar-refractivity contribution is 0.191. The van der Waals surface area contributed by atoms with Crippen molar-refractivity contribution in [1.29, 1.82) is 0 Å². The molecule has 0 spiro atoms. The molecule has 1 aromatic heterocycles. The average molecular weight is 429 g/mol. The highest BCUT2D eigenvalue weighted by atomic mass is 32.2. The summed E-state index contributed by atoms with van der Waals surface area (Å²) >= 11 is 0. The van der Waals surface area contributed by atoms with Crippen LogP contribution < -0.4 is 15.4 Å². The van der Waals surface area contributed by atoms with Crippen molar-refractivity contribution >= 4 is 27.3 Å². The van der Waals surface area contributed by atoms with E-state index >= 15 is 0 Å². The lowest BCUT2D eigenvalue weighted by atomic mass is 10.1. The van der Waals surface area contributed by atoms with Crippen molar-refractivity contribution in [3.8, 4) is 5.75 Å². The minimum absolute atomic E-state index is 0.00119. The first-order chi connectivity index (χ1) is 14.3. The van der Waals surface area contributed by atoms with Crippen LogP contribution in [0, 0.1) is 0 Å². The second-order valence-corrected chi connectivity index (χ2v) is 8.97. The van der Waals surface area contributed by atoms with Crippen LogP contribution in [0.3, 0.4) is 0 Å². The standard InChI is InChI=1S/C21H24N4O4S/c1-29-18-5-3-4-16(12-18)19(26)13-23-20-10-11-22-21(25-20)24-17-8-6-15(7-9-17)14-30(2,27)28/h3-12,19,26H,13-14H2,1-2H3,(H2,22,23,24,25). The number of ether oxygens (including phenoxy) is 1. The largest absolute Gasteiger partial charge is 0.497 e. The van der Waals surface area contributed by atoms with Gasteiger partial charge in [-0.1, -0.05) is 24.3 Å². The highest BCUT2D eigenvalue weighted by molar-refractivity contribution is 7.89. The summed E-state index contributed by atoms with van der Waals surface area (Å²) in [6.45, 7) is 0.268. The van der Waals surface area contributed by atoms with Gasteiger partial charge >= 0.3 is 0 Å². The predicted molar refractivity (Wildman–Crippen MR) is 117 cm³/mol. The molecule has 1 atom stereocenters. The molecule has 0 radical (unpaired) electrons. The van der Waals surface area contributed by atoms with E-state index in [0.717, 1.165) is 11.3 Å². The van der Waals surface area contributed by atoms with E-state index in [1.54, 1.807) is 49.7 Å². The van der Waals surface area contributed by atoms with Gasteiger partial charge in [0.1, 0.15) is 11.6 Å². The number of nitrogens with zero attached hydrogens (tertiary/aromatic N) is 2. The Morgan fingerprint density at radius 2 is 1.90 bits per heavy atom.